The van der Waals surface area contributed by atoms with Gasteiger partial charge >= 0.3 is 6.03 Å². The SMILES string of the molecule is Cc1ccc(-c2nc(CCN(C)C(=O)Nc3ccc(F)cc3)no2)cc1. The Hall–Kier alpha value is -3.22. The van der Waals surface area contributed by atoms with Crippen LogP contribution >= 0.6 is 0 Å². The molecule has 3 rings (SSSR count). The van der Waals surface area contributed by atoms with Crippen molar-refractivity contribution in [3.05, 3.63) is 65.7 Å². The highest BCUT2D eigenvalue weighted by molar-refractivity contribution is 5.89. The van der Waals surface area contributed by atoms with Crippen molar-refractivity contribution in [1.82, 2.24) is 15.0 Å². The fourth-order valence-electron chi connectivity index (χ4n) is 2.29. The summed E-state index contributed by atoms with van der Waals surface area (Å²) in [4.78, 5) is 18.0. The number of carbonyl (C=O) groups excluding carboxylic acids is 1. The Morgan fingerprint density at radius 1 is 1.15 bits per heavy atom. The largest absolute Gasteiger partial charge is 0.334 e. The summed E-state index contributed by atoms with van der Waals surface area (Å²) in [5.41, 5.74) is 2.54. The molecule has 1 N–H and O–H groups in total. The van der Waals surface area contributed by atoms with Gasteiger partial charge in [0.15, 0.2) is 5.82 Å². The average Bonchev–Trinajstić information content (AvgIpc) is 3.11. The predicted molar refractivity (Wildman–Crippen MR) is 96.2 cm³/mol. The number of hydrogen-bond acceptors (Lipinski definition) is 4. The van der Waals surface area contributed by atoms with Gasteiger partial charge in [-0.3, -0.25) is 0 Å². The molecule has 1 heterocycles. The zero-order chi connectivity index (χ0) is 18.5. The topological polar surface area (TPSA) is 71.3 Å². The van der Waals surface area contributed by atoms with Crippen LogP contribution in [0.1, 0.15) is 11.4 Å². The molecular weight excluding hydrogens is 335 g/mol. The molecule has 0 aliphatic carbocycles. The maximum atomic E-state index is 12.9. The van der Waals surface area contributed by atoms with Gasteiger partial charge in [-0.05, 0) is 43.3 Å². The van der Waals surface area contributed by atoms with Crippen molar-refractivity contribution in [3.63, 3.8) is 0 Å². The molecule has 0 unspecified atom stereocenters. The normalized spacial score (nSPS) is 10.6. The van der Waals surface area contributed by atoms with Gasteiger partial charge in [-0.25, -0.2) is 9.18 Å². The second-order valence-corrected chi connectivity index (χ2v) is 5.99. The molecule has 2 aromatic carbocycles. The van der Waals surface area contributed by atoms with Crippen molar-refractivity contribution in [3.8, 4) is 11.5 Å². The zero-order valence-electron chi connectivity index (χ0n) is 14.6. The first-order chi connectivity index (χ1) is 12.5. The number of benzene rings is 2. The third-order valence-corrected chi connectivity index (χ3v) is 3.88. The molecule has 0 bridgehead atoms. The first kappa shape index (κ1) is 17.6. The molecule has 0 radical (unpaired) electrons. The van der Waals surface area contributed by atoms with E-state index in [1.165, 1.54) is 29.2 Å². The van der Waals surface area contributed by atoms with Crippen molar-refractivity contribution in [2.45, 2.75) is 13.3 Å². The summed E-state index contributed by atoms with van der Waals surface area (Å²) in [5, 5.41) is 6.65. The molecule has 0 saturated carbocycles. The van der Waals surface area contributed by atoms with E-state index < -0.39 is 0 Å². The molecule has 0 atom stereocenters. The lowest BCUT2D eigenvalue weighted by molar-refractivity contribution is 0.222. The highest BCUT2D eigenvalue weighted by atomic mass is 19.1. The van der Waals surface area contributed by atoms with Crippen molar-refractivity contribution < 1.29 is 13.7 Å². The monoisotopic (exact) mass is 354 g/mol. The zero-order valence-corrected chi connectivity index (χ0v) is 14.6. The lowest BCUT2D eigenvalue weighted by Crippen LogP contribution is -2.33. The fraction of sp³-hybridized carbons (Fsp3) is 0.211. The van der Waals surface area contributed by atoms with Crippen LogP contribution in [0.25, 0.3) is 11.5 Å². The number of likely N-dealkylation sites (N-methyl/N-ethyl adjacent to an activating group) is 1. The molecule has 2 amide bonds. The van der Waals surface area contributed by atoms with E-state index in [1.807, 2.05) is 31.2 Å². The van der Waals surface area contributed by atoms with Crippen molar-refractivity contribution >= 4 is 11.7 Å². The number of halogens is 1. The van der Waals surface area contributed by atoms with Crippen LogP contribution < -0.4 is 5.32 Å². The third-order valence-electron chi connectivity index (χ3n) is 3.88. The Kier molecular flexibility index (Phi) is 5.26. The number of nitrogens with zero attached hydrogens (tertiary/aromatic N) is 3. The Morgan fingerprint density at radius 3 is 2.54 bits per heavy atom. The van der Waals surface area contributed by atoms with Crippen LogP contribution in [-0.2, 0) is 6.42 Å². The van der Waals surface area contributed by atoms with Gasteiger partial charge in [0.2, 0.25) is 0 Å². The molecule has 1 aromatic heterocycles. The van der Waals surface area contributed by atoms with Crippen LogP contribution in [0.15, 0.2) is 53.1 Å². The summed E-state index contributed by atoms with van der Waals surface area (Å²) < 4.78 is 18.2. The number of nitrogens with one attached hydrogen (secondary N) is 1. The highest BCUT2D eigenvalue weighted by Gasteiger charge is 2.12. The molecule has 6 nitrogen and oxygen atoms in total. The van der Waals surface area contributed by atoms with E-state index in [0.717, 1.165) is 11.1 Å². The first-order valence-corrected chi connectivity index (χ1v) is 8.18. The Balaban J connectivity index is 1.54. The van der Waals surface area contributed by atoms with Crippen LogP contribution in [0.3, 0.4) is 0 Å². The highest BCUT2D eigenvalue weighted by Crippen LogP contribution is 2.17. The second-order valence-electron chi connectivity index (χ2n) is 5.99. The minimum atomic E-state index is -0.349. The van der Waals surface area contributed by atoms with E-state index in [1.54, 1.807) is 7.05 Å². The maximum absolute atomic E-state index is 12.9. The summed E-state index contributed by atoms with van der Waals surface area (Å²) in [6.07, 6.45) is 0.461. The predicted octanol–water partition coefficient (Wildman–Crippen LogP) is 3.89. The number of amides is 2. The van der Waals surface area contributed by atoms with E-state index in [0.29, 0.717) is 30.4 Å². The second kappa shape index (κ2) is 7.77. The van der Waals surface area contributed by atoms with Crippen LogP contribution in [0.4, 0.5) is 14.9 Å². The van der Waals surface area contributed by atoms with Gasteiger partial charge in [0.05, 0.1) is 0 Å². The lowest BCUT2D eigenvalue weighted by Gasteiger charge is -2.17. The van der Waals surface area contributed by atoms with Gasteiger partial charge in [0.25, 0.3) is 5.89 Å². The van der Waals surface area contributed by atoms with E-state index >= 15 is 0 Å². The lowest BCUT2D eigenvalue weighted by atomic mass is 10.1. The summed E-state index contributed by atoms with van der Waals surface area (Å²) in [5.74, 6) is 0.637. The number of anilines is 1. The quantitative estimate of drug-likeness (QED) is 0.754. The Morgan fingerprint density at radius 2 is 1.85 bits per heavy atom. The van der Waals surface area contributed by atoms with Crippen LogP contribution in [0.5, 0.6) is 0 Å². The molecule has 26 heavy (non-hydrogen) atoms. The first-order valence-electron chi connectivity index (χ1n) is 8.18. The van der Waals surface area contributed by atoms with E-state index in [-0.39, 0.29) is 11.8 Å². The number of aromatic nitrogens is 2. The van der Waals surface area contributed by atoms with Crippen molar-refractivity contribution in [1.29, 1.82) is 0 Å². The molecule has 134 valence electrons. The van der Waals surface area contributed by atoms with Crippen molar-refractivity contribution in [2.24, 2.45) is 0 Å². The minimum absolute atomic E-state index is 0.293. The number of urea groups is 1. The van der Waals surface area contributed by atoms with Gasteiger partial charge in [-0.15, -0.1) is 0 Å². The van der Waals surface area contributed by atoms with Gasteiger partial charge in [-0.2, -0.15) is 4.98 Å². The number of carbonyl (C=O) groups is 1. The van der Waals surface area contributed by atoms with E-state index in [9.17, 15) is 9.18 Å². The third kappa shape index (κ3) is 4.44. The summed E-state index contributed by atoms with van der Waals surface area (Å²) in [6, 6.07) is 13.1. The Bertz CT molecular complexity index is 875. The Labute approximate surface area is 150 Å². The van der Waals surface area contributed by atoms with Gasteiger partial charge < -0.3 is 14.7 Å². The van der Waals surface area contributed by atoms with Gasteiger partial charge in [0.1, 0.15) is 5.82 Å². The molecule has 0 aliphatic heterocycles. The number of rotatable bonds is 5. The molecule has 3 aromatic rings. The average molecular weight is 354 g/mol. The van der Waals surface area contributed by atoms with Crippen LogP contribution in [0.2, 0.25) is 0 Å². The molecule has 0 spiro atoms. The van der Waals surface area contributed by atoms with Crippen molar-refractivity contribution in [2.75, 3.05) is 18.9 Å². The smallest absolute Gasteiger partial charge is 0.321 e. The van der Waals surface area contributed by atoms with Gasteiger partial charge in [0, 0.05) is 31.3 Å². The van der Waals surface area contributed by atoms with Crippen LogP contribution in [0, 0.1) is 12.7 Å². The van der Waals surface area contributed by atoms with E-state index in [2.05, 4.69) is 15.5 Å². The summed E-state index contributed by atoms with van der Waals surface area (Å²) >= 11 is 0. The van der Waals surface area contributed by atoms with E-state index in [4.69, 9.17) is 4.52 Å². The molecule has 0 fully saturated rings. The minimum Gasteiger partial charge on any atom is -0.334 e. The standard InChI is InChI=1S/C19H19FN4O2/c1-13-3-5-14(6-4-13)18-22-17(23-26-18)11-12-24(2)19(25)21-16-9-7-15(20)8-10-16/h3-10H,11-12H2,1-2H3,(H,21,25). The molecule has 7 heteroatoms. The van der Waals surface area contributed by atoms with Crippen LogP contribution in [-0.4, -0.2) is 34.7 Å². The summed E-state index contributed by atoms with van der Waals surface area (Å²) in [6.45, 7) is 2.43. The van der Waals surface area contributed by atoms with Gasteiger partial charge in [-0.1, -0.05) is 22.9 Å². The number of aryl methyl sites for hydroxylation is 1. The fourth-order valence-corrected chi connectivity index (χ4v) is 2.29. The number of hydrogen-bond donors (Lipinski definition) is 1. The molecule has 0 saturated heterocycles. The summed E-state index contributed by atoms with van der Waals surface area (Å²) in [7, 11) is 1.67. The molecular formula is C19H19FN4O2. The molecule has 0 aliphatic rings. The maximum Gasteiger partial charge on any atom is 0.321 e.